The van der Waals surface area contributed by atoms with Gasteiger partial charge in [-0.05, 0) is 43.5 Å². The number of hydrogen-bond donors (Lipinski definition) is 3. The van der Waals surface area contributed by atoms with E-state index in [2.05, 4.69) is 15.4 Å². The van der Waals surface area contributed by atoms with Gasteiger partial charge in [-0.15, -0.1) is 0 Å². The van der Waals surface area contributed by atoms with E-state index >= 15 is 0 Å². The number of pyridine rings is 1. The van der Waals surface area contributed by atoms with Gasteiger partial charge in [0.15, 0.2) is 0 Å². The molecule has 3 aliphatic rings. The van der Waals surface area contributed by atoms with Crippen LogP contribution >= 0.6 is 0 Å². The van der Waals surface area contributed by atoms with Crippen molar-refractivity contribution in [1.82, 2.24) is 19.9 Å². The number of carbonyl (C=O) groups excluding carboxylic acids is 4. The fourth-order valence-corrected chi connectivity index (χ4v) is 8.23. The van der Waals surface area contributed by atoms with E-state index in [9.17, 15) is 27.6 Å². The number of anilines is 1. The standard InChI is InChI=1S/C39H39N5O8S/c1-24(45)44-23-28(52-34-21-31(25-11-5-3-6-12-25)40-32-19-27(51-2)17-18-29(32)34)20-33(44)37(47)42-39-22-26(39)13-7-4-8-16-36(46)41-30-14-9-10-15-35(30)53(49,50)43-38(39)48/h3,5-7,9-15,17-19,21,26,28,33H,4,8,16,20,22-23H2,1-2H3,(H,41,46)(H,42,47)(H,43,48)/b13-7+/t26-,28+,33-,39+/m0/s1. The molecule has 1 saturated carbocycles. The molecule has 274 valence electrons. The molecular weight excluding hydrogens is 699 g/mol. The van der Waals surface area contributed by atoms with Crippen molar-refractivity contribution >= 4 is 50.2 Å². The van der Waals surface area contributed by atoms with Gasteiger partial charge in [-0.1, -0.05) is 54.6 Å². The Hall–Kier alpha value is -5.76. The molecule has 0 radical (unpaired) electrons. The van der Waals surface area contributed by atoms with Gasteiger partial charge in [-0.25, -0.2) is 18.1 Å². The van der Waals surface area contributed by atoms with Crippen LogP contribution < -0.4 is 24.8 Å². The van der Waals surface area contributed by atoms with Crippen molar-refractivity contribution in [3.05, 3.63) is 91.0 Å². The number of carbonyl (C=O) groups is 4. The van der Waals surface area contributed by atoms with E-state index in [-0.39, 0.29) is 48.2 Å². The number of amides is 4. The van der Waals surface area contributed by atoms with E-state index in [0.29, 0.717) is 35.6 Å². The van der Waals surface area contributed by atoms with Crippen LogP contribution in [-0.4, -0.2) is 73.3 Å². The van der Waals surface area contributed by atoms with Crippen LogP contribution in [0.4, 0.5) is 5.69 Å². The maximum absolute atomic E-state index is 14.1. The highest BCUT2D eigenvalue weighted by atomic mass is 32.2. The number of ether oxygens (including phenoxy) is 2. The first-order valence-electron chi connectivity index (χ1n) is 17.4. The van der Waals surface area contributed by atoms with E-state index < -0.39 is 45.4 Å². The molecule has 14 heteroatoms. The van der Waals surface area contributed by atoms with Gasteiger partial charge in [0, 0.05) is 48.8 Å². The Morgan fingerprint density at radius 2 is 1.79 bits per heavy atom. The summed E-state index contributed by atoms with van der Waals surface area (Å²) in [5.74, 6) is -1.58. The number of nitrogens with one attached hydrogen (secondary N) is 3. The van der Waals surface area contributed by atoms with E-state index in [0.717, 1.165) is 10.9 Å². The van der Waals surface area contributed by atoms with Crippen LogP contribution in [-0.2, 0) is 29.2 Å². The van der Waals surface area contributed by atoms with Gasteiger partial charge >= 0.3 is 0 Å². The molecule has 2 fully saturated rings. The number of sulfonamides is 1. The minimum atomic E-state index is -4.46. The van der Waals surface area contributed by atoms with E-state index in [1.54, 1.807) is 25.3 Å². The molecule has 1 saturated heterocycles. The van der Waals surface area contributed by atoms with Crippen molar-refractivity contribution < 1.29 is 37.1 Å². The van der Waals surface area contributed by atoms with Gasteiger partial charge in [-0.3, -0.25) is 19.2 Å². The molecule has 53 heavy (non-hydrogen) atoms. The Morgan fingerprint density at radius 3 is 2.57 bits per heavy atom. The second-order valence-corrected chi connectivity index (χ2v) is 15.1. The summed E-state index contributed by atoms with van der Waals surface area (Å²) < 4.78 is 41.2. The zero-order chi connectivity index (χ0) is 37.3. The molecule has 1 aliphatic carbocycles. The first kappa shape index (κ1) is 35.6. The van der Waals surface area contributed by atoms with Gasteiger partial charge in [0.05, 0.1) is 30.6 Å². The summed E-state index contributed by atoms with van der Waals surface area (Å²) in [6.07, 6.45) is 4.47. The van der Waals surface area contributed by atoms with Crippen LogP contribution in [0.3, 0.4) is 0 Å². The fraction of sp³-hybridized carbons (Fsp3) is 0.308. The smallest absolute Gasteiger partial charge is 0.266 e. The first-order chi connectivity index (χ1) is 25.5. The van der Waals surface area contributed by atoms with Crippen molar-refractivity contribution in [3.63, 3.8) is 0 Å². The predicted molar refractivity (Wildman–Crippen MR) is 196 cm³/mol. The molecular formula is C39H39N5O8S. The zero-order valence-corrected chi connectivity index (χ0v) is 30.0. The summed E-state index contributed by atoms with van der Waals surface area (Å²) in [5, 5.41) is 6.19. The highest BCUT2D eigenvalue weighted by Gasteiger charge is 2.61. The van der Waals surface area contributed by atoms with Gasteiger partial charge in [0.2, 0.25) is 17.7 Å². The van der Waals surface area contributed by atoms with E-state index in [4.69, 9.17) is 14.5 Å². The summed E-state index contributed by atoms with van der Waals surface area (Å²) in [5.41, 5.74) is 0.656. The van der Waals surface area contributed by atoms with Crippen LogP contribution in [0.5, 0.6) is 11.5 Å². The van der Waals surface area contributed by atoms with E-state index in [1.807, 2.05) is 54.6 Å². The summed E-state index contributed by atoms with van der Waals surface area (Å²) >= 11 is 0. The number of rotatable bonds is 6. The van der Waals surface area contributed by atoms with Crippen LogP contribution in [0, 0.1) is 5.92 Å². The van der Waals surface area contributed by atoms with Crippen LogP contribution in [0.25, 0.3) is 22.2 Å². The molecule has 2 aliphatic heterocycles. The van der Waals surface area contributed by atoms with Crippen LogP contribution in [0.1, 0.15) is 39.0 Å². The van der Waals surface area contributed by atoms with Crippen LogP contribution in [0.15, 0.2) is 95.9 Å². The molecule has 7 rings (SSSR count). The first-order valence-corrected chi connectivity index (χ1v) is 18.9. The highest BCUT2D eigenvalue weighted by Crippen LogP contribution is 2.46. The molecule has 13 nitrogen and oxygen atoms in total. The lowest BCUT2D eigenvalue weighted by atomic mass is 10.1. The SMILES string of the molecule is COc1ccc2c(O[C@@H]3C[C@@H](C(=O)N[C@]45C[C@@H]4/C=C/CCCC(=O)Nc4ccccc4S(=O)(=O)NC5=O)N(C(C)=O)C3)cc(-c3ccccc3)nc2c1. The third-order valence-electron chi connectivity index (χ3n) is 9.90. The van der Waals surface area contributed by atoms with Crippen molar-refractivity contribution in [1.29, 1.82) is 0 Å². The number of benzene rings is 3. The third-order valence-corrected chi connectivity index (χ3v) is 11.3. The van der Waals surface area contributed by atoms with Crippen molar-refractivity contribution in [2.75, 3.05) is 19.0 Å². The number of likely N-dealkylation sites (tertiary alicyclic amines) is 1. The summed E-state index contributed by atoms with van der Waals surface area (Å²) in [6.45, 7) is 1.47. The van der Waals surface area contributed by atoms with E-state index in [1.165, 1.54) is 30.0 Å². The Balaban J connectivity index is 1.15. The quantitative estimate of drug-likeness (QED) is 0.244. The molecule has 3 aromatic carbocycles. The number of aromatic nitrogens is 1. The molecule has 0 bridgehead atoms. The number of fused-ring (bicyclic) bond motifs is 3. The van der Waals surface area contributed by atoms with Gasteiger partial charge in [0.1, 0.15) is 34.1 Å². The molecule has 4 aromatic rings. The molecule has 0 unspecified atom stereocenters. The monoisotopic (exact) mass is 737 g/mol. The minimum absolute atomic E-state index is 0.0435. The van der Waals surface area contributed by atoms with Crippen LogP contribution in [0.2, 0.25) is 0 Å². The average molecular weight is 738 g/mol. The summed E-state index contributed by atoms with van der Waals surface area (Å²) in [7, 11) is -2.89. The molecule has 3 N–H and O–H groups in total. The Kier molecular flexibility index (Phi) is 9.64. The third kappa shape index (κ3) is 7.31. The lowest BCUT2D eigenvalue weighted by Crippen LogP contribution is -2.56. The molecule has 4 amide bonds. The van der Waals surface area contributed by atoms with Crippen molar-refractivity contribution in [2.24, 2.45) is 5.92 Å². The highest BCUT2D eigenvalue weighted by molar-refractivity contribution is 7.90. The van der Waals surface area contributed by atoms with Gasteiger partial charge < -0.3 is 25.0 Å². The second kappa shape index (κ2) is 14.3. The second-order valence-electron chi connectivity index (χ2n) is 13.5. The number of hydrogen-bond acceptors (Lipinski definition) is 9. The largest absolute Gasteiger partial charge is 0.497 e. The zero-order valence-electron chi connectivity index (χ0n) is 29.2. The number of para-hydroxylation sites is 1. The Labute approximate surface area is 306 Å². The summed E-state index contributed by atoms with van der Waals surface area (Å²) in [6, 6.07) is 21.7. The predicted octanol–water partition coefficient (Wildman–Crippen LogP) is 4.34. The molecule has 0 spiro atoms. The lowest BCUT2D eigenvalue weighted by Gasteiger charge is -2.25. The lowest BCUT2D eigenvalue weighted by molar-refractivity contribution is -0.138. The Bertz CT molecular complexity index is 2250. The molecule has 3 heterocycles. The topological polar surface area (TPSA) is 173 Å². The maximum Gasteiger partial charge on any atom is 0.266 e. The molecule has 4 atom stereocenters. The normalized spacial score (nSPS) is 24.4. The number of allylic oxidation sites excluding steroid dienone is 1. The minimum Gasteiger partial charge on any atom is -0.497 e. The Morgan fingerprint density at radius 1 is 1.02 bits per heavy atom. The fourth-order valence-electron chi connectivity index (χ4n) is 7.03. The summed E-state index contributed by atoms with van der Waals surface area (Å²) in [4.78, 5) is 59.4. The van der Waals surface area contributed by atoms with Crippen molar-refractivity contribution in [3.8, 4) is 22.8 Å². The maximum atomic E-state index is 14.1. The van der Waals surface area contributed by atoms with Gasteiger partial charge in [-0.2, -0.15) is 0 Å². The molecule has 1 aromatic heterocycles. The number of nitrogens with zero attached hydrogens (tertiary/aromatic N) is 2. The number of methoxy groups -OCH3 is 1. The average Bonchev–Trinajstić information content (AvgIpc) is 3.67. The van der Waals surface area contributed by atoms with Crippen molar-refractivity contribution in [2.45, 2.75) is 61.6 Å². The van der Waals surface area contributed by atoms with Gasteiger partial charge in [0.25, 0.3) is 15.9 Å².